The van der Waals surface area contributed by atoms with Crippen LogP contribution < -0.4 is 10.6 Å². The van der Waals surface area contributed by atoms with Crippen LogP contribution in [0.1, 0.15) is 38.9 Å². The zero-order valence-electron chi connectivity index (χ0n) is 14.3. The van der Waals surface area contributed by atoms with Crippen LogP contribution in [0.4, 0.5) is 4.79 Å². The fourth-order valence-electron chi connectivity index (χ4n) is 2.17. The molecule has 0 saturated carbocycles. The number of carbonyl (C=O) groups is 1. The van der Waals surface area contributed by atoms with Crippen LogP contribution in [-0.2, 0) is 0 Å². The van der Waals surface area contributed by atoms with Crippen molar-refractivity contribution < 1.29 is 9.90 Å². The van der Waals surface area contributed by atoms with E-state index in [1.165, 1.54) is 0 Å². The monoisotopic (exact) mass is 331 g/mol. The van der Waals surface area contributed by atoms with Crippen molar-refractivity contribution in [2.45, 2.75) is 39.3 Å². The average Bonchev–Trinajstić information content (AvgIpc) is 3.10. The number of amides is 2. The first-order valence-corrected chi connectivity index (χ1v) is 8.21. The molecule has 2 amide bonds. The first-order chi connectivity index (χ1) is 11.5. The molecule has 0 spiro atoms. The lowest BCUT2D eigenvalue weighted by atomic mass is 10.0. The maximum absolute atomic E-state index is 11.9. The minimum atomic E-state index is -0.546. The SMILES string of the molecule is CCC(C)C(O)CNC(=O)NC(C)c1cn(-c2ccccc2)nn1. The lowest BCUT2D eigenvalue weighted by molar-refractivity contribution is 0.114. The number of rotatable bonds is 7. The lowest BCUT2D eigenvalue weighted by Crippen LogP contribution is -2.42. The molecule has 1 heterocycles. The number of aliphatic hydroxyl groups excluding tert-OH is 1. The standard InChI is InChI=1S/C17H25N5O2/c1-4-12(2)16(23)10-18-17(24)19-13(3)15-11-22(21-20-15)14-8-6-5-7-9-14/h5-9,11-13,16,23H,4,10H2,1-3H3,(H2,18,19,24). The third-order valence-electron chi connectivity index (χ3n) is 4.10. The lowest BCUT2D eigenvalue weighted by Gasteiger charge is -2.18. The molecule has 0 fully saturated rings. The molecule has 0 bridgehead atoms. The van der Waals surface area contributed by atoms with E-state index in [-0.39, 0.29) is 24.5 Å². The van der Waals surface area contributed by atoms with Gasteiger partial charge in [-0.25, -0.2) is 9.48 Å². The van der Waals surface area contributed by atoms with Crippen molar-refractivity contribution in [2.24, 2.45) is 5.92 Å². The summed E-state index contributed by atoms with van der Waals surface area (Å²) in [5, 5.41) is 23.5. The predicted molar refractivity (Wildman–Crippen MR) is 91.8 cm³/mol. The molecule has 0 radical (unpaired) electrons. The minimum Gasteiger partial charge on any atom is -0.391 e. The molecule has 2 aromatic rings. The number of aromatic nitrogens is 3. The van der Waals surface area contributed by atoms with Gasteiger partial charge in [0.05, 0.1) is 24.0 Å². The molecule has 2 rings (SSSR count). The number of hydrogen-bond acceptors (Lipinski definition) is 4. The summed E-state index contributed by atoms with van der Waals surface area (Å²) in [7, 11) is 0. The van der Waals surface area contributed by atoms with Crippen LogP contribution >= 0.6 is 0 Å². The zero-order chi connectivity index (χ0) is 17.5. The van der Waals surface area contributed by atoms with Crippen molar-refractivity contribution in [3.05, 3.63) is 42.2 Å². The molecule has 0 aliphatic rings. The highest BCUT2D eigenvalue weighted by atomic mass is 16.3. The quantitative estimate of drug-likeness (QED) is 0.724. The summed E-state index contributed by atoms with van der Waals surface area (Å²) >= 11 is 0. The molecular weight excluding hydrogens is 306 g/mol. The number of para-hydroxylation sites is 1. The number of urea groups is 1. The molecule has 7 nitrogen and oxygen atoms in total. The third kappa shape index (κ3) is 4.79. The number of aliphatic hydroxyl groups is 1. The number of benzene rings is 1. The molecular formula is C17H25N5O2. The van der Waals surface area contributed by atoms with Gasteiger partial charge in [0, 0.05) is 6.54 Å². The van der Waals surface area contributed by atoms with Crippen molar-refractivity contribution in [3.63, 3.8) is 0 Å². The highest BCUT2D eigenvalue weighted by Crippen LogP contribution is 2.11. The Morgan fingerprint density at radius 1 is 1.29 bits per heavy atom. The normalized spacial score (nSPS) is 14.7. The van der Waals surface area contributed by atoms with Crippen LogP contribution in [0.3, 0.4) is 0 Å². The maximum Gasteiger partial charge on any atom is 0.315 e. The predicted octanol–water partition coefficient (Wildman–Crippen LogP) is 2.03. The summed E-state index contributed by atoms with van der Waals surface area (Å²) in [5.74, 6) is 0.147. The second kappa shape index (κ2) is 8.44. The van der Waals surface area contributed by atoms with Crippen molar-refractivity contribution in [3.8, 4) is 5.69 Å². The molecule has 0 saturated heterocycles. The van der Waals surface area contributed by atoms with Crippen molar-refractivity contribution in [2.75, 3.05) is 6.54 Å². The number of nitrogens with one attached hydrogen (secondary N) is 2. The Balaban J connectivity index is 1.87. The van der Waals surface area contributed by atoms with Crippen LogP contribution in [0, 0.1) is 5.92 Å². The minimum absolute atomic E-state index is 0.147. The van der Waals surface area contributed by atoms with Crippen LogP contribution in [0.15, 0.2) is 36.5 Å². The van der Waals surface area contributed by atoms with Gasteiger partial charge < -0.3 is 15.7 Å². The number of carbonyl (C=O) groups excluding carboxylic acids is 1. The molecule has 3 unspecified atom stereocenters. The number of nitrogens with zero attached hydrogens (tertiary/aromatic N) is 3. The van der Waals surface area contributed by atoms with Crippen LogP contribution in [0.2, 0.25) is 0 Å². The first kappa shape index (κ1) is 17.9. The fourth-order valence-corrected chi connectivity index (χ4v) is 2.17. The second-order valence-electron chi connectivity index (χ2n) is 5.95. The number of hydrogen-bond donors (Lipinski definition) is 3. The van der Waals surface area contributed by atoms with Gasteiger partial charge in [0.1, 0.15) is 5.69 Å². The van der Waals surface area contributed by atoms with Gasteiger partial charge in [-0.05, 0) is 25.0 Å². The molecule has 0 aliphatic carbocycles. The summed E-state index contributed by atoms with van der Waals surface area (Å²) < 4.78 is 1.66. The van der Waals surface area contributed by atoms with Crippen molar-refractivity contribution >= 4 is 6.03 Å². The molecule has 7 heteroatoms. The topological polar surface area (TPSA) is 92.1 Å². The summed E-state index contributed by atoms with van der Waals surface area (Å²) in [6, 6.07) is 9.02. The van der Waals surface area contributed by atoms with Gasteiger partial charge in [-0.2, -0.15) is 0 Å². The van der Waals surface area contributed by atoms with Gasteiger partial charge in [-0.15, -0.1) is 5.10 Å². The van der Waals surface area contributed by atoms with Gasteiger partial charge in [0.25, 0.3) is 0 Å². The molecule has 24 heavy (non-hydrogen) atoms. The van der Waals surface area contributed by atoms with Crippen LogP contribution in [0.5, 0.6) is 0 Å². The summed E-state index contributed by atoms with van der Waals surface area (Å²) in [6.45, 7) is 6.02. The smallest absolute Gasteiger partial charge is 0.315 e. The van der Waals surface area contributed by atoms with Gasteiger partial charge in [0.2, 0.25) is 0 Å². The maximum atomic E-state index is 11.9. The van der Waals surface area contributed by atoms with Gasteiger partial charge >= 0.3 is 6.03 Å². The van der Waals surface area contributed by atoms with E-state index < -0.39 is 6.10 Å². The van der Waals surface area contributed by atoms with E-state index in [9.17, 15) is 9.90 Å². The molecule has 130 valence electrons. The molecule has 0 aliphatic heterocycles. The summed E-state index contributed by atoms with van der Waals surface area (Å²) in [6.07, 6.45) is 2.10. The second-order valence-corrected chi connectivity index (χ2v) is 5.95. The summed E-state index contributed by atoms with van der Waals surface area (Å²) in [5.41, 5.74) is 1.57. The van der Waals surface area contributed by atoms with E-state index in [4.69, 9.17) is 0 Å². The Hall–Kier alpha value is -2.41. The Bertz CT molecular complexity index is 643. The largest absolute Gasteiger partial charge is 0.391 e. The van der Waals surface area contributed by atoms with Gasteiger partial charge in [0.15, 0.2) is 0 Å². The van der Waals surface area contributed by atoms with Crippen molar-refractivity contribution in [1.29, 1.82) is 0 Å². The molecule has 1 aromatic carbocycles. The van der Waals surface area contributed by atoms with E-state index in [0.29, 0.717) is 5.69 Å². The van der Waals surface area contributed by atoms with E-state index in [1.807, 2.05) is 51.1 Å². The zero-order valence-corrected chi connectivity index (χ0v) is 14.3. The molecule has 3 atom stereocenters. The Kier molecular flexibility index (Phi) is 6.31. The highest BCUT2D eigenvalue weighted by molar-refractivity contribution is 5.74. The van der Waals surface area contributed by atoms with E-state index in [1.54, 1.807) is 10.9 Å². The van der Waals surface area contributed by atoms with Crippen LogP contribution in [-0.4, -0.2) is 38.8 Å². The Labute approximate surface area is 142 Å². The molecule has 1 aromatic heterocycles. The van der Waals surface area contributed by atoms with E-state index in [2.05, 4.69) is 20.9 Å². The van der Waals surface area contributed by atoms with E-state index in [0.717, 1.165) is 12.1 Å². The highest BCUT2D eigenvalue weighted by Gasteiger charge is 2.16. The van der Waals surface area contributed by atoms with E-state index >= 15 is 0 Å². The van der Waals surface area contributed by atoms with Crippen molar-refractivity contribution in [1.82, 2.24) is 25.6 Å². The average molecular weight is 331 g/mol. The van der Waals surface area contributed by atoms with Gasteiger partial charge in [-0.1, -0.05) is 43.7 Å². The first-order valence-electron chi connectivity index (χ1n) is 8.21. The Morgan fingerprint density at radius 3 is 2.67 bits per heavy atom. The molecule has 3 N–H and O–H groups in total. The van der Waals surface area contributed by atoms with Gasteiger partial charge in [-0.3, -0.25) is 0 Å². The third-order valence-corrected chi connectivity index (χ3v) is 4.10. The fraction of sp³-hybridized carbons (Fsp3) is 0.471. The Morgan fingerprint density at radius 2 is 2.00 bits per heavy atom. The van der Waals surface area contributed by atoms with Crippen LogP contribution in [0.25, 0.3) is 5.69 Å². The summed E-state index contributed by atoms with van der Waals surface area (Å²) in [4.78, 5) is 11.9.